The van der Waals surface area contributed by atoms with Gasteiger partial charge in [-0.25, -0.2) is 4.79 Å². The van der Waals surface area contributed by atoms with Crippen LogP contribution >= 0.6 is 0 Å². The Balaban J connectivity index is 0.00000320. The van der Waals surface area contributed by atoms with Crippen molar-refractivity contribution >= 4 is 17.3 Å². The Bertz CT molecular complexity index is 1460. The molecular formula is C30H28NO5Y-. The molecule has 0 amide bonds. The maximum atomic E-state index is 13.3. The van der Waals surface area contributed by atoms with Gasteiger partial charge >= 0.3 is 5.63 Å². The normalized spacial score (nSPS) is 13.4. The third-order valence-electron chi connectivity index (χ3n) is 6.84. The molecule has 1 radical (unpaired) electrons. The van der Waals surface area contributed by atoms with E-state index in [1.165, 1.54) is 18.9 Å². The number of carbonyl (C=O) groups is 1. The summed E-state index contributed by atoms with van der Waals surface area (Å²) in [6.45, 7) is 5.78. The maximum Gasteiger partial charge on any atom is 0.342 e. The van der Waals surface area contributed by atoms with E-state index >= 15 is 0 Å². The molecule has 4 aromatic rings. The van der Waals surface area contributed by atoms with Crippen LogP contribution in [0.15, 0.2) is 63.8 Å². The predicted octanol–water partition coefficient (Wildman–Crippen LogP) is 5.15. The van der Waals surface area contributed by atoms with Crippen LogP contribution in [-0.4, -0.2) is 42.5 Å². The molecule has 0 bridgehead atoms. The van der Waals surface area contributed by atoms with Gasteiger partial charge in [0.15, 0.2) is 11.9 Å². The second kappa shape index (κ2) is 12.2. The van der Waals surface area contributed by atoms with Crippen molar-refractivity contribution in [3.63, 3.8) is 0 Å². The van der Waals surface area contributed by atoms with Crippen LogP contribution in [0.2, 0.25) is 0 Å². The zero-order valence-electron chi connectivity index (χ0n) is 20.8. The van der Waals surface area contributed by atoms with E-state index < -0.39 is 5.63 Å². The number of rotatable bonds is 8. The van der Waals surface area contributed by atoms with Crippen molar-refractivity contribution in [3.8, 4) is 22.6 Å². The summed E-state index contributed by atoms with van der Waals surface area (Å²) in [6, 6.07) is 19.5. The van der Waals surface area contributed by atoms with Gasteiger partial charge in [-0.05, 0) is 67.7 Å². The zero-order valence-corrected chi connectivity index (χ0v) is 23.7. The molecule has 0 atom stereocenters. The van der Waals surface area contributed by atoms with Crippen LogP contribution in [0, 0.1) is 13.0 Å². The average Bonchev–Trinajstić information content (AvgIpc) is 3.39. The summed E-state index contributed by atoms with van der Waals surface area (Å²) < 4.78 is 11.5. The van der Waals surface area contributed by atoms with Crippen LogP contribution in [-0.2, 0) is 39.1 Å². The van der Waals surface area contributed by atoms with E-state index in [1.807, 2.05) is 43.3 Å². The van der Waals surface area contributed by atoms with Gasteiger partial charge in [0.05, 0.1) is 5.56 Å². The monoisotopic (exact) mass is 571 g/mol. The summed E-state index contributed by atoms with van der Waals surface area (Å²) in [6.07, 6.45) is 3.48. The maximum absolute atomic E-state index is 13.3. The standard InChI is InChI=1S/C30H28NO5.Y/c1-20-6-2-3-7-23(20)28-25(24-12-13-27(33)26(19-32)29(24)36-30(28)34)18-21-8-10-22(11-9-21)35-17-16-31-14-4-5-15-31;/h3,6-13,19,33H,4-5,14-18H2,1H3;/q-1;. The van der Waals surface area contributed by atoms with E-state index in [9.17, 15) is 14.7 Å². The van der Waals surface area contributed by atoms with Gasteiger partial charge < -0.3 is 14.3 Å². The topological polar surface area (TPSA) is 80.0 Å². The number of hydrogen-bond acceptors (Lipinski definition) is 6. The van der Waals surface area contributed by atoms with Crippen molar-refractivity contribution in [2.45, 2.75) is 26.2 Å². The Morgan fingerprint density at radius 1 is 1.11 bits per heavy atom. The number of carbonyl (C=O) groups excluding carboxylic acids is 1. The summed E-state index contributed by atoms with van der Waals surface area (Å²) in [5, 5.41) is 10.8. The third kappa shape index (κ3) is 5.87. The fourth-order valence-corrected chi connectivity index (χ4v) is 4.91. The molecule has 0 unspecified atom stereocenters. The van der Waals surface area contributed by atoms with Crippen LogP contribution in [0.5, 0.6) is 11.5 Å². The Kier molecular flexibility index (Phi) is 8.96. The van der Waals surface area contributed by atoms with E-state index in [4.69, 9.17) is 9.15 Å². The van der Waals surface area contributed by atoms with Gasteiger partial charge in [0.1, 0.15) is 18.1 Å². The van der Waals surface area contributed by atoms with Gasteiger partial charge in [0.2, 0.25) is 0 Å². The summed E-state index contributed by atoms with van der Waals surface area (Å²) in [5.74, 6) is 0.582. The van der Waals surface area contributed by atoms with Crippen molar-refractivity contribution in [2.24, 2.45) is 0 Å². The number of fused-ring (bicyclic) bond motifs is 1. The first-order valence-electron chi connectivity index (χ1n) is 12.2. The third-order valence-corrected chi connectivity index (χ3v) is 6.84. The minimum absolute atomic E-state index is 0. The largest absolute Gasteiger partial charge is 0.507 e. The Labute approximate surface area is 241 Å². The Morgan fingerprint density at radius 2 is 1.86 bits per heavy atom. The van der Waals surface area contributed by atoms with E-state index in [-0.39, 0.29) is 49.6 Å². The van der Waals surface area contributed by atoms with Gasteiger partial charge in [-0.1, -0.05) is 19.1 Å². The Hall–Kier alpha value is -2.80. The zero-order chi connectivity index (χ0) is 25.1. The van der Waals surface area contributed by atoms with Crippen molar-refractivity contribution in [1.29, 1.82) is 0 Å². The SMILES string of the molecule is Cc1c[c-]ccc1-c1c(Cc2ccc(OCCN3CCCC3)cc2)c2ccc(O)c(C=O)c2oc1=O.[Y]. The summed E-state index contributed by atoms with van der Waals surface area (Å²) in [4.78, 5) is 27.4. The molecule has 1 aliphatic rings. The van der Waals surface area contributed by atoms with E-state index in [0.29, 0.717) is 30.3 Å². The summed E-state index contributed by atoms with van der Waals surface area (Å²) in [7, 11) is 0. The number of hydrogen-bond donors (Lipinski definition) is 1. The molecule has 5 rings (SSSR count). The van der Waals surface area contributed by atoms with Gasteiger partial charge in [0.25, 0.3) is 0 Å². The molecule has 7 heteroatoms. The smallest absolute Gasteiger partial charge is 0.342 e. The molecule has 0 saturated carbocycles. The molecule has 1 aliphatic heterocycles. The van der Waals surface area contributed by atoms with Crippen molar-refractivity contribution in [1.82, 2.24) is 4.90 Å². The van der Waals surface area contributed by atoms with E-state index in [0.717, 1.165) is 47.6 Å². The number of benzene rings is 3. The average molecular weight is 571 g/mol. The number of phenols is 1. The molecule has 37 heavy (non-hydrogen) atoms. The fraction of sp³-hybridized carbons (Fsp3) is 0.267. The van der Waals surface area contributed by atoms with Crippen LogP contribution in [0.1, 0.15) is 39.9 Å². The number of ether oxygens (including phenoxy) is 1. The molecule has 1 fully saturated rings. The van der Waals surface area contributed by atoms with E-state index in [2.05, 4.69) is 11.0 Å². The van der Waals surface area contributed by atoms with Crippen LogP contribution in [0.4, 0.5) is 0 Å². The number of likely N-dealkylation sites (tertiary alicyclic amines) is 1. The predicted molar refractivity (Wildman–Crippen MR) is 139 cm³/mol. The summed E-state index contributed by atoms with van der Waals surface area (Å²) >= 11 is 0. The number of aldehydes is 1. The molecule has 2 heterocycles. The number of aryl methyl sites for hydroxylation is 1. The summed E-state index contributed by atoms with van der Waals surface area (Å²) in [5.41, 5.74) is 3.32. The van der Waals surface area contributed by atoms with Gasteiger partial charge in [0, 0.05) is 50.2 Å². The van der Waals surface area contributed by atoms with Crippen LogP contribution in [0.3, 0.4) is 0 Å². The molecule has 1 N–H and O–H groups in total. The van der Waals surface area contributed by atoms with Crippen molar-refractivity contribution in [3.05, 3.63) is 93.3 Å². The first-order valence-corrected chi connectivity index (χ1v) is 12.2. The molecule has 3 aromatic carbocycles. The van der Waals surface area contributed by atoms with Crippen LogP contribution < -0.4 is 10.4 Å². The number of nitrogens with zero attached hydrogens (tertiary/aromatic N) is 1. The van der Waals surface area contributed by atoms with E-state index in [1.54, 1.807) is 12.1 Å². The van der Waals surface area contributed by atoms with Gasteiger partial charge in [-0.2, -0.15) is 29.8 Å². The van der Waals surface area contributed by atoms with Gasteiger partial charge in [-0.15, -0.1) is 5.56 Å². The number of aromatic hydroxyl groups is 1. The quantitative estimate of drug-likeness (QED) is 0.179. The minimum atomic E-state index is -0.553. The molecule has 1 aromatic heterocycles. The molecule has 187 valence electrons. The minimum Gasteiger partial charge on any atom is -0.507 e. The fourth-order valence-electron chi connectivity index (χ4n) is 4.91. The second-order valence-corrected chi connectivity index (χ2v) is 9.19. The first kappa shape index (κ1) is 27.2. The Morgan fingerprint density at radius 3 is 2.57 bits per heavy atom. The van der Waals surface area contributed by atoms with Gasteiger partial charge in [-0.3, -0.25) is 9.69 Å². The molecule has 6 nitrogen and oxygen atoms in total. The molecule has 0 spiro atoms. The number of phenolic OH excluding ortho intramolecular Hbond substituents is 1. The molecule has 1 saturated heterocycles. The first-order chi connectivity index (χ1) is 17.5. The molecular weight excluding hydrogens is 543 g/mol. The van der Waals surface area contributed by atoms with Crippen molar-refractivity contribution in [2.75, 3.05) is 26.2 Å². The van der Waals surface area contributed by atoms with Crippen LogP contribution in [0.25, 0.3) is 22.1 Å². The second-order valence-electron chi connectivity index (χ2n) is 9.19. The van der Waals surface area contributed by atoms with Crippen molar-refractivity contribution < 1.29 is 51.8 Å². The molecule has 0 aliphatic carbocycles.